The van der Waals surface area contributed by atoms with Gasteiger partial charge in [-0.15, -0.1) is 0 Å². The first kappa shape index (κ1) is 15.4. The third-order valence-corrected chi connectivity index (χ3v) is 2.07. The van der Waals surface area contributed by atoms with Crippen LogP contribution in [0.1, 0.15) is 30.5 Å². The first-order chi connectivity index (χ1) is 7.90. The van der Waals surface area contributed by atoms with Gasteiger partial charge >= 0.3 is 6.18 Å². The normalized spacial score (nSPS) is 10.2. The lowest BCUT2D eigenvalue weighted by Crippen LogP contribution is -2.07. The average molecular weight is 243 g/mol. The Balaban J connectivity index is 0.00000121. The first-order valence-electron chi connectivity index (χ1n) is 5.21. The van der Waals surface area contributed by atoms with Crippen molar-refractivity contribution in [3.63, 3.8) is 0 Å². The van der Waals surface area contributed by atoms with Crippen molar-refractivity contribution in [1.29, 1.82) is 0 Å². The summed E-state index contributed by atoms with van der Waals surface area (Å²) in [5.74, 6) is 0. The highest BCUT2D eigenvalue weighted by Gasteiger charge is 2.32. The quantitative estimate of drug-likeness (QED) is 0.647. The molecule has 0 saturated heterocycles. The van der Waals surface area contributed by atoms with Crippen LogP contribution in [-0.2, 0) is 6.18 Å². The van der Waals surface area contributed by atoms with Crippen LogP contribution in [0.25, 0.3) is 6.08 Å². The van der Waals surface area contributed by atoms with E-state index < -0.39 is 11.7 Å². The van der Waals surface area contributed by atoms with Crippen LogP contribution < -0.4 is 0 Å². The van der Waals surface area contributed by atoms with E-state index in [9.17, 15) is 13.2 Å². The van der Waals surface area contributed by atoms with Crippen LogP contribution >= 0.6 is 0 Å². The van der Waals surface area contributed by atoms with Gasteiger partial charge in [0.2, 0.25) is 0 Å². The van der Waals surface area contributed by atoms with E-state index in [4.69, 9.17) is 0 Å². The van der Waals surface area contributed by atoms with E-state index >= 15 is 0 Å². The van der Waals surface area contributed by atoms with E-state index in [1.165, 1.54) is 19.1 Å². The summed E-state index contributed by atoms with van der Waals surface area (Å²) in [5.41, 5.74) is 0.221. The van der Waals surface area contributed by atoms with Gasteiger partial charge in [-0.2, -0.15) is 13.2 Å². The average Bonchev–Trinajstić information content (AvgIpc) is 2.29. The predicted octanol–water partition coefficient (Wildman–Crippen LogP) is 5.02. The molecule has 0 bridgehead atoms. The van der Waals surface area contributed by atoms with Crippen molar-refractivity contribution in [1.82, 2.24) is 0 Å². The first-order valence-corrected chi connectivity index (χ1v) is 5.21. The van der Waals surface area contributed by atoms with Gasteiger partial charge in [-0.25, -0.2) is 0 Å². The Labute approximate surface area is 99.7 Å². The van der Waals surface area contributed by atoms with Gasteiger partial charge in [0.15, 0.2) is 0 Å². The topological polar surface area (TPSA) is 12.4 Å². The van der Waals surface area contributed by atoms with Gasteiger partial charge < -0.3 is 0 Å². The van der Waals surface area contributed by atoms with Crippen molar-refractivity contribution in [2.24, 2.45) is 4.99 Å². The summed E-state index contributed by atoms with van der Waals surface area (Å²) in [5, 5.41) is 0. The summed E-state index contributed by atoms with van der Waals surface area (Å²) in [6.07, 6.45) is -2.90. The number of hydrogen-bond donors (Lipinski definition) is 0. The van der Waals surface area contributed by atoms with E-state index in [1.807, 2.05) is 13.8 Å². The van der Waals surface area contributed by atoms with Crippen molar-refractivity contribution >= 4 is 18.5 Å². The van der Waals surface area contributed by atoms with E-state index in [0.29, 0.717) is 5.56 Å². The molecule has 94 valence electrons. The maximum absolute atomic E-state index is 12.5. The Bertz CT molecular complexity index is 406. The number of aliphatic imine (C=N–C) groups is 1. The molecule has 0 aromatic heterocycles. The molecule has 4 heteroatoms. The van der Waals surface area contributed by atoms with Gasteiger partial charge in [-0.1, -0.05) is 26.5 Å². The predicted molar refractivity (Wildman–Crippen MR) is 66.8 cm³/mol. The van der Waals surface area contributed by atoms with Crippen molar-refractivity contribution in [3.05, 3.63) is 35.4 Å². The molecule has 1 aromatic carbocycles. The third-order valence-electron chi connectivity index (χ3n) is 2.07. The van der Waals surface area contributed by atoms with E-state index in [-0.39, 0.29) is 11.3 Å². The molecule has 1 nitrogen and oxygen atoms in total. The van der Waals surface area contributed by atoms with Gasteiger partial charge in [0.25, 0.3) is 0 Å². The number of rotatable bonds is 2. The molecule has 0 saturated carbocycles. The highest BCUT2D eigenvalue weighted by Crippen LogP contribution is 2.36. The molecular formula is C13H16F3N. The van der Waals surface area contributed by atoms with Gasteiger partial charge in [0.05, 0.1) is 11.3 Å². The Morgan fingerprint density at radius 3 is 2.12 bits per heavy atom. The van der Waals surface area contributed by atoms with Crippen molar-refractivity contribution < 1.29 is 13.2 Å². The number of hydrogen-bond acceptors (Lipinski definition) is 1. The van der Waals surface area contributed by atoms with Crippen LogP contribution in [-0.4, -0.2) is 6.72 Å². The highest BCUT2D eigenvalue weighted by molar-refractivity contribution is 5.67. The summed E-state index contributed by atoms with van der Waals surface area (Å²) in [4.78, 5) is 3.54. The molecule has 0 amide bonds. The van der Waals surface area contributed by atoms with Crippen molar-refractivity contribution in [3.8, 4) is 0 Å². The number of nitrogens with zero attached hydrogens (tertiary/aromatic N) is 1. The molecule has 0 unspecified atom stereocenters. The molecule has 0 spiro atoms. The van der Waals surface area contributed by atoms with E-state index in [1.54, 1.807) is 0 Å². The Morgan fingerprint density at radius 1 is 1.24 bits per heavy atom. The Morgan fingerprint density at radius 2 is 1.76 bits per heavy atom. The smallest absolute Gasteiger partial charge is 0.264 e. The SMILES string of the molecule is C=Cc1cc(C)c(C(F)(F)F)cc1N=C.CC. The second kappa shape index (κ2) is 6.23. The lowest BCUT2D eigenvalue weighted by molar-refractivity contribution is -0.138. The summed E-state index contributed by atoms with van der Waals surface area (Å²) < 4.78 is 37.5. The fourth-order valence-electron chi connectivity index (χ4n) is 1.32. The van der Waals surface area contributed by atoms with Gasteiger partial charge in [-0.05, 0) is 36.9 Å². The van der Waals surface area contributed by atoms with E-state index in [2.05, 4.69) is 18.3 Å². The Hall–Kier alpha value is -1.58. The molecule has 0 aliphatic carbocycles. The lowest BCUT2D eigenvalue weighted by Gasteiger charge is -2.12. The zero-order valence-corrected chi connectivity index (χ0v) is 10.2. The van der Waals surface area contributed by atoms with E-state index in [0.717, 1.165) is 6.07 Å². The standard InChI is InChI=1S/C11H10F3N.C2H6/c1-4-8-5-7(2)9(11(12,13)14)6-10(8)15-3;1-2/h4-6H,1,3H2,2H3;1-2H3. The molecule has 17 heavy (non-hydrogen) atoms. The largest absolute Gasteiger partial charge is 0.416 e. The van der Waals surface area contributed by atoms with Crippen molar-refractivity contribution in [2.45, 2.75) is 26.9 Å². The number of alkyl halides is 3. The second-order valence-electron chi connectivity index (χ2n) is 3.09. The Kier molecular flexibility index (Phi) is 5.65. The van der Waals surface area contributed by atoms with Crippen molar-refractivity contribution in [2.75, 3.05) is 0 Å². The molecule has 0 aliphatic heterocycles. The lowest BCUT2D eigenvalue weighted by atomic mass is 10.0. The van der Waals surface area contributed by atoms with Gasteiger partial charge in [0.1, 0.15) is 0 Å². The van der Waals surface area contributed by atoms with Crippen LogP contribution in [0.3, 0.4) is 0 Å². The van der Waals surface area contributed by atoms with Crippen LogP contribution in [0.5, 0.6) is 0 Å². The van der Waals surface area contributed by atoms with Crippen LogP contribution in [0.15, 0.2) is 23.7 Å². The maximum atomic E-state index is 12.5. The fraction of sp³-hybridized carbons (Fsp3) is 0.308. The summed E-state index contributed by atoms with van der Waals surface area (Å²) in [6.45, 7) is 12.1. The zero-order valence-electron chi connectivity index (χ0n) is 10.2. The number of halogens is 3. The van der Waals surface area contributed by atoms with Gasteiger partial charge in [0, 0.05) is 0 Å². The van der Waals surface area contributed by atoms with Crippen LogP contribution in [0.2, 0.25) is 0 Å². The molecular weight excluding hydrogens is 227 g/mol. The molecule has 0 heterocycles. The maximum Gasteiger partial charge on any atom is 0.416 e. The monoisotopic (exact) mass is 243 g/mol. The molecule has 0 radical (unpaired) electrons. The number of benzene rings is 1. The molecule has 1 rings (SSSR count). The zero-order chi connectivity index (χ0) is 13.6. The van der Waals surface area contributed by atoms with Crippen LogP contribution in [0, 0.1) is 6.92 Å². The fourth-order valence-corrected chi connectivity index (χ4v) is 1.32. The summed E-state index contributed by atoms with van der Waals surface area (Å²) in [7, 11) is 0. The molecule has 1 aromatic rings. The summed E-state index contributed by atoms with van der Waals surface area (Å²) in [6, 6.07) is 2.39. The second-order valence-corrected chi connectivity index (χ2v) is 3.09. The molecule has 0 aliphatic rings. The molecule has 0 atom stereocenters. The van der Waals surface area contributed by atoms with Crippen LogP contribution in [0.4, 0.5) is 18.9 Å². The highest BCUT2D eigenvalue weighted by atomic mass is 19.4. The number of aryl methyl sites for hydroxylation is 1. The molecule has 0 fully saturated rings. The summed E-state index contributed by atoms with van der Waals surface area (Å²) >= 11 is 0. The minimum atomic E-state index is -4.36. The third kappa shape index (κ3) is 3.73. The van der Waals surface area contributed by atoms with Gasteiger partial charge in [-0.3, -0.25) is 4.99 Å². The minimum absolute atomic E-state index is 0.157. The minimum Gasteiger partial charge on any atom is -0.264 e. The molecule has 0 N–H and O–H groups in total.